The topological polar surface area (TPSA) is 63.6 Å². The molecule has 2 atom stereocenters. The van der Waals surface area contributed by atoms with E-state index in [2.05, 4.69) is 0 Å². The zero-order valence-electron chi connectivity index (χ0n) is 13.8. The second kappa shape index (κ2) is 8.81. The minimum Gasteiger partial charge on any atom is -0.447 e. The van der Waals surface area contributed by atoms with Crippen LogP contribution in [0.2, 0.25) is 0 Å². The van der Waals surface area contributed by atoms with E-state index in [1.165, 1.54) is 12.5 Å². The highest BCUT2D eigenvalue weighted by molar-refractivity contribution is 7.58. The fourth-order valence-electron chi connectivity index (χ4n) is 2.59. The van der Waals surface area contributed by atoms with Gasteiger partial charge in [-0.05, 0) is 24.8 Å². The number of hydrogen-bond acceptors (Lipinski definition) is 3. The molecule has 5 heteroatoms. The van der Waals surface area contributed by atoms with Crippen LogP contribution < -0.4 is 0 Å². The predicted octanol–water partition coefficient (Wildman–Crippen LogP) is 4.54. The Morgan fingerprint density at radius 1 is 1.04 bits per heavy atom. The zero-order valence-corrected chi connectivity index (χ0v) is 14.7. The number of aryl methyl sites for hydroxylation is 1. The number of rotatable bonds is 8. The van der Waals surface area contributed by atoms with Crippen LogP contribution in [0, 0.1) is 0 Å². The maximum atomic E-state index is 12.7. The average Bonchev–Trinajstić information content (AvgIpc) is 2.58. The van der Waals surface area contributed by atoms with Crippen LogP contribution >= 0.6 is 7.37 Å². The molecule has 1 N–H and O–H groups in total. The van der Waals surface area contributed by atoms with Crippen LogP contribution in [-0.2, 0) is 20.5 Å². The minimum atomic E-state index is -3.64. The molecule has 2 rings (SSSR count). The van der Waals surface area contributed by atoms with Crippen molar-refractivity contribution in [1.82, 2.24) is 0 Å². The summed E-state index contributed by atoms with van der Waals surface area (Å²) in [5, 5.41) is 0. The number of hydrogen-bond donors (Lipinski definition) is 1. The van der Waals surface area contributed by atoms with Crippen molar-refractivity contribution in [2.45, 2.75) is 32.0 Å². The molecule has 0 amide bonds. The third kappa shape index (κ3) is 5.63. The first-order chi connectivity index (χ1) is 11.5. The lowest BCUT2D eigenvalue weighted by Crippen LogP contribution is -2.11. The maximum Gasteiger partial charge on any atom is 0.303 e. The molecule has 0 spiro atoms. The monoisotopic (exact) mass is 346 g/mol. The molecule has 0 saturated carbocycles. The van der Waals surface area contributed by atoms with Gasteiger partial charge in [-0.25, -0.2) is 0 Å². The van der Waals surface area contributed by atoms with Gasteiger partial charge in [-0.2, -0.15) is 0 Å². The van der Waals surface area contributed by atoms with E-state index in [-0.39, 0.29) is 6.16 Å². The van der Waals surface area contributed by atoms with E-state index in [1.807, 2.05) is 36.4 Å². The molecule has 0 bridgehead atoms. The van der Waals surface area contributed by atoms with Crippen LogP contribution in [0.15, 0.2) is 60.7 Å². The lowest BCUT2D eigenvalue weighted by atomic mass is 10.1. The molecule has 0 aliphatic rings. The minimum absolute atomic E-state index is 0.132. The molecule has 0 saturated heterocycles. The fourth-order valence-corrected chi connectivity index (χ4v) is 4.45. The highest BCUT2D eigenvalue weighted by atomic mass is 31.2. The van der Waals surface area contributed by atoms with Crippen LogP contribution in [0.1, 0.15) is 36.7 Å². The van der Waals surface area contributed by atoms with Gasteiger partial charge in [0.05, 0.1) is 0 Å². The SMILES string of the molecule is CC(=O)OC(c1ccccc1)P(=O)(O)CCCCc1ccccc1. The molecule has 0 fully saturated rings. The van der Waals surface area contributed by atoms with Gasteiger partial charge in [0.2, 0.25) is 13.2 Å². The van der Waals surface area contributed by atoms with E-state index in [1.54, 1.807) is 24.3 Å². The Kier molecular flexibility index (Phi) is 6.77. The van der Waals surface area contributed by atoms with Gasteiger partial charge in [-0.1, -0.05) is 60.7 Å². The average molecular weight is 346 g/mol. The van der Waals surface area contributed by atoms with Crippen molar-refractivity contribution in [3.8, 4) is 0 Å². The van der Waals surface area contributed by atoms with Crippen molar-refractivity contribution >= 4 is 13.3 Å². The van der Waals surface area contributed by atoms with Gasteiger partial charge in [0.15, 0.2) is 0 Å². The van der Waals surface area contributed by atoms with Crippen LogP contribution in [0.5, 0.6) is 0 Å². The van der Waals surface area contributed by atoms with Gasteiger partial charge in [0.25, 0.3) is 0 Å². The van der Waals surface area contributed by atoms with Gasteiger partial charge < -0.3 is 9.63 Å². The number of carbonyl (C=O) groups is 1. The van der Waals surface area contributed by atoms with Gasteiger partial charge in [-0.15, -0.1) is 0 Å². The second-order valence-corrected chi connectivity index (χ2v) is 8.22. The number of unbranched alkanes of at least 4 members (excludes halogenated alkanes) is 1. The summed E-state index contributed by atoms with van der Waals surface area (Å²) in [5.41, 5.74) is 1.77. The quantitative estimate of drug-likeness (QED) is 0.433. The molecule has 0 aliphatic heterocycles. The summed E-state index contributed by atoms with van der Waals surface area (Å²) in [4.78, 5) is 21.8. The summed E-state index contributed by atoms with van der Waals surface area (Å²) in [6.07, 6.45) is 2.42. The number of ether oxygens (including phenoxy) is 1. The Labute approximate surface area is 142 Å². The fraction of sp³-hybridized carbons (Fsp3) is 0.316. The van der Waals surface area contributed by atoms with Gasteiger partial charge in [0.1, 0.15) is 0 Å². The van der Waals surface area contributed by atoms with E-state index in [9.17, 15) is 14.3 Å². The Balaban J connectivity index is 1.97. The van der Waals surface area contributed by atoms with Crippen LogP contribution in [0.3, 0.4) is 0 Å². The van der Waals surface area contributed by atoms with Gasteiger partial charge >= 0.3 is 5.97 Å². The molecule has 2 unspecified atom stereocenters. The molecule has 2 aromatic carbocycles. The van der Waals surface area contributed by atoms with Crippen molar-refractivity contribution in [3.05, 3.63) is 71.8 Å². The number of esters is 1. The molecule has 0 radical (unpaired) electrons. The third-order valence-corrected chi connectivity index (χ3v) is 5.86. The van der Waals surface area contributed by atoms with Crippen molar-refractivity contribution in [2.75, 3.05) is 6.16 Å². The van der Waals surface area contributed by atoms with Gasteiger partial charge in [-0.3, -0.25) is 9.36 Å². The van der Waals surface area contributed by atoms with E-state index in [0.29, 0.717) is 12.0 Å². The normalized spacial score (nSPS) is 14.6. The summed E-state index contributed by atoms with van der Waals surface area (Å²) >= 11 is 0. The molecule has 0 aromatic heterocycles. The first kappa shape index (κ1) is 18.4. The van der Waals surface area contributed by atoms with Gasteiger partial charge in [0, 0.05) is 18.6 Å². The second-order valence-electron chi connectivity index (χ2n) is 5.79. The third-order valence-electron chi connectivity index (χ3n) is 3.77. The lowest BCUT2D eigenvalue weighted by Gasteiger charge is -2.23. The summed E-state index contributed by atoms with van der Waals surface area (Å²) in [6, 6.07) is 18.8. The first-order valence-corrected chi connectivity index (χ1v) is 9.98. The van der Waals surface area contributed by atoms with Crippen molar-refractivity contribution in [3.63, 3.8) is 0 Å². The van der Waals surface area contributed by atoms with Crippen molar-refractivity contribution in [1.29, 1.82) is 0 Å². The van der Waals surface area contributed by atoms with E-state index < -0.39 is 19.2 Å². The Morgan fingerprint density at radius 2 is 1.62 bits per heavy atom. The molecule has 24 heavy (non-hydrogen) atoms. The largest absolute Gasteiger partial charge is 0.447 e. The number of carbonyl (C=O) groups excluding carboxylic acids is 1. The standard InChI is InChI=1S/C19H23O4P/c1-16(20)23-19(18-13-6-3-7-14-18)24(21,22)15-9-8-12-17-10-4-2-5-11-17/h2-7,10-11,13-14,19H,8-9,12,15H2,1H3,(H,21,22). The van der Waals surface area contributed by atoms with Crippen LogP contribution in [0.25, 0.3) is 0 Å². The molecular formula is C19H23O4P. The predicted molar refractivity (Wildman–Crippen MR) is 95.0 cm³/mol. The molecule has 0 aliphatic carbocycles. The van der Waals surface area contributed by atoms with E-state index in [4.69, 9.17) is 4.74 Å². The number of benzene rings is 2. The smallest absolute Gasteiger partial charge is 0.303 e. The Bertz CT molecular complexity index is 685. The molecule has 0 heterocycles. The molecule has 4 nitrogen and oxygen atoms in total. The van der Waals surface area contributed by atoms with Crippen molar-refractivity contribution < 1.29 is 19.0 Å². The summed E-state index contributed by atoms with van der Waals surface area (Å²) in [7, 11) is -3.64. The highest BCUT2D eigenvalue weighted by Crippen LogP contribution is 2.56. The summed E-state index contributed by atoms with van der Waals surface area (Å²) < 4.78 is 17.9. The molecule has 128 valence electrons. The molecule has 2 aromatic rings. The summed E-state index contributed by atoms with van der Waals surface area (Å²) in [5.74, 6) is -1.64. The first-order valence-electron chi connectivity index (χ1n) is 8.06. The lowest BCUT2D eigenvalue weighted by molar-refractivity contribution is -0.143. The summed E-state index contributed by atoms with van der Waals surface area (Å²) in [6.45, 7) is 1.26. The molecular weight excluding hydrogens is 323 g/mol. The van der Waals surface area contributed by atoms with E-state index >= 15 is 0 Å². The highest BCUT2D eigenvalue weighted by Gasteiger charge is 2.34. The van der Waals surface area contributed by atoms with Crippen molar-refractivity contribution in [2.24, 2.45) is 0 Å². The zero-order chi connectivity index (χ0) is 17.4. The Hall–Kier alpha value is -1.90. The van der Waals surface area contributed by atoms with Crippen LogP contribution in [-0.4, -0.2) is 17.0 Å². The maximum absolute atomic E-state index is 12.7. The van der Waals surface area contributed by atoms with E-state index in [0.717, 1.165) is 12.8 Å². The van der Waals surface area contributed by atoms with Crippen LogP contribution in [0.4, 0.5) is 0 Å². The Morgan fingerprint density at radius 3 is 2.21 bits per heavy atom.